The van der Waals surface area contributed by atoms with Gasteiger partial charge in [-0.25, -0.2) is 9.67 Å². The van der Waals surface area contributed by atoms with Gasteiger partial charge in [0, 0.05) is 30.7 Å². The van der Waals surface area contributed by atoms with E-state index < -0.39 is 0 Å². The molecule has 1 amide bonds. The summed E-state index contributed by atoms with van der Waals surface area (Å²) in [5, 5.41) is 9.58. The zero-order chi connectivity index (χ0) is 12.1. The lowest BCUT2D eigenvalue weighted by molar-refractivity contribution is -0.118. The molecule has 2 aromatic heterocycles. The number of alkyl halides is 1. The fourth-order valence-electron chi connectivity index (χ4n) is 1.28. The second kappa shape index (κ2) is 5.79. The van der Waals surface area contributed by atoms with Crippen LogP contribution in [0.1, 0.15) is 5.69 Å². The Kier molecular flexibility index (Phi) is 4.11. The number of rotatable bonds is 5. The Labute approximate surface area is 107 Å². The lowest BCUT2D eigenvalue weighted by Crippen LogP contribution is -2.26. The summed E-state index contributed by atoms with van der Waals surface area (Å²) in [5.74, 6) is -0.163. The Morgan fingerprint density at radius 2 is 2.47 bits per heavy atom. The molecule has 2 aromatic rings. The van der Waals surface area contributed by atoms with E-state index in [1.807, 2.05) is 17.6 Å². The summed E-state index contributed by atoms with van der Waals surface area (Å²) < 4.78 is 1.71. The minimum absolute atomic E-state index is 0.00436. The molecule has 7 heteroatoms. The molecule has 0 aliphatic carbocycles. The van der Waals surface area contributed by atoms with Gasteiger partial charge in [-0.3, -0.25) is 4.79 Å². The number of nitrogens with one attached hydrogen (secondary N) is 1. The summed E-state index contributed by atoms with van der Waals surface area (Å²) >= 11 is 6.89. The number of hydrogen-bond acceptors (Lipinski definition) is 4. The van der Waals surface area contributed by atoms with E-state index >= 15 is 0 Å². The maximum absolute atomic E-state index is 10.9. The summed E-state index contributed by atoms with van der Waals surface area (Å²) in [6.07, 6.45) is 4.25. The Bertz CT molecular complexity index is 482. The first-order chi connectivity index (χ1) is 8.29. The van der Waals surface area contributed by atoms with Crippen molar-refractivity contribution in [2.75, 3.05) is 12.4 Å². The van der Waals surface area contributed by atoms with Crippen molar-refractivity contribution < 1.29 is 4.79 Å². The summed E-state index contributed by atoms with van der Waals surface area (Å²) in [4.78, 5) is 15.3. The van der Waals surface area contributed by atoms with Crippen LogP contribution in [0.4, 0.5) is 0 Å². The van der Waals surface area contributed by atoms with E-state index in [1.165, 1.54) is 11.3 Å². The minimum Gasteiger partial charge on any atom is -0.355 e. The van der Waals surface area contributed by atoms with Crippen LogP contribution in [-0.2, 0) is 11.2 Å². The van der Waals surface area contributed by atoms with Crippen molar-refractivity contribution in [3.8, 4) is 5.13 Å². The Balaban J connectivity index is 1.89. The SMILES string of the molecule is O=C(CCl)NCCc1csc(-n2cccn2)n1. The van der Waals surface area contributed by atoms with Crippen LogP contribution in [0.3, 0.4) is 0 Å². The quantitative estimate of drug-likeness (QED) is 0.832. The molecular formula is C10H11ClN4OS. The highest BCUT2D eigenvalue weighted by Crippen LogP contribution is 2.13. The molecule has 0 spiro atoms. The van der Waals surface area contributed by atoms with Gasteiger partial charge < -0.3 is 5.32 Å². The van der Waals surface area contributed by atoms with Crippen LogP contribution in [-0.4, -0.2) is 33.1 Å². The van der Waals surface area contributed by atoms with Crippen LogP contribution in [0, 0.1) is 0 Å². The van der Waals surface area contributed by atoms with Crippen molar-refractivity contribution in [2.45, 2.75) is 6.42 Å². The fourth-order valence-corrected chi connectivity index (χ4v) is 2.17. The van der Waals surface area contributed by atoms with Gasteiger partial charge in [0.25, 0.3) is 0 Å². The molecule has 1 N–H and O–H groups in total. The van der Waals surface area contributed by atoms with Crippen LogP contribution in [0.5, 0.6) is 0 Å². The Morgan fingerprint density at radius 1 is 1.59 bits per heavy atom. The van der Waals surface area contributed by atoms with E-state index in [1.54, 1.807) is 10.9 Å². The first kappa shape index (κ1) is 12.1. The Morgan fingerprint density at radius 3 is 3.18 bits per heavy atom. The van der Waals surface area contributed by atoms with Crippen LogP contribution < -0.4 is 5.32 Å². The van der Waals surface area contributed by atoms with E-state index in [0.29, 0.717) is 13.0 Å². The molecule has 0 saturated heterocycles. The molecule has 0 bridgehead atoms. The number of hydrogen-bond donors (Lipinski definition) is 1. The highest BCUT2D eigenvalue weighted by Gasteiger charge is 2.04. The van der Waals surface area contributed by atoms with Crippen molar-refractivity contribution in [2.24, 2.45) is 0 Å². The largest absolute Gasteiger partial charge is 0.355 e. The molecule has 0 fully saturated rings. The average molecular weight is 271 g/mol. The lowest BCUT2D eigenvalue weighted by Gasteiger charge is -1.99. The van der Waals surface area contributed by atoms with Gasteiger partial charge >= 0.3 is 0 Å². The summed E-state index contributed by atoms with van der Waals surface area (Å²) in [7, 11) is 0. The number of halogens is 1. The molecule has 5 nitrogen and oxygen atoms in total. The molecule has 0 atom stereocenters. The van der Waals surface area contributed by atoms with Gasteiger partial charge in [-0.15, -0.1) is 22.9 Å². The zero-order valence-corrected chi connectivity index (χ0v) is 10.5. The lowest BCUT2D eigenvalue weighted by atomic mass is 10.3. The molecule has 17 heavy (non-hydrogen) atoms. The normalized spacial score (nSPS) is 10.4. The first-order valence-corrected chi connectivity index (χ1v) is 6.48. The van der Waals surface area contributed by atoms with E-state index in [2.05, 4.69) is 15.4 Å². The highest BCUT2D eigenvalue weighted by molar-refractivity contribution is 7.12. The number of amides is 1. The third-order valence-corrected chi connectivity index (χ3v) is 3.19. The fraction of sp³-hybridized carbons (Fsp3) is 0.300. The van der Waals surface area contributed by atoms with Gasteiger partial charge in [0.05, 0.1) is 5.69 Å². The van der Waals surface area contributed by atoms with Crippen molar-refractivity contribution in [3.05, 3.63) is 29.5 Å². The topological polar surface area (TPSA) is 59.8 Å². The van der Waals surface area contributed by atoms with E-state index in [0.717, 1.165) is 10.8 Å². The van der Waals surface area contributed by atoms with Gasteiger partial charge in [0.1, 0.15) is 5.88 Å². The monoisotopic (exact) mass is 270 g/mol. The predicted octanol–water partition coefficient (Wildman–Crippen LogP) is 1.23. The van der Waals surface area contributed by atoms with Crippen LogP contribution in [0.25, 0.3) is 5.13 Å². The third kappa shape index (κ3) is 3.28. The molecule has 0 radical (unpaired) electrons. The Hall–Kier alpha value is -1.40. The van der Waals surface area contributed by atoms with Gasteiger partial charge in [0.15, 0.2) is 0 Å². The highest BCUT2D eigenvalue weighted by atomic mass is 35.5. The molecule has 0 aliphatic heterocycles. The number of carbonyl (C=O) groups is 1. The maximum atomic E-state index is 10.9. The molecule has 0 saturated carbocycles. The average Bonchev–Trinajstić information content (AvgIpc) is 2.98. The molecular weight excluding hydrogens is 260 g/mol. The van der Waals surface area contributed by atoms with E-state index in [4.69, 9.17) is 11.6 Å². The molecule has 2 rings (SSSR count). The smallest absolute Gasteiger partial charge is 0.234 e. The van der Waals surface area contributed by atoms with Crippen molar-refractivity contribution in [1.82, 2.24) is 20.1 Å². The number of aromatic nitrogens is 3. The molecule has 90 valence electrons. The number of thiazole rings is 1. The standard InChI is InChI=1S/C10H11ClN4OS/c11-6-9(16)12-4-2-8-7-17-10(14-8)15-5-1-3-13-15/h1,3,5,7H,2,4,6H2,(H,12,16). The summed E-state index contributed by atoms with van der Waals surface area (Å²) in [6, 6.07) is 1.85. The molecule has 2 heterocycles. The van der Waals surface area contributed by atoms with Crippen molar-refractivity contribution in [1.29, 1.82) is 0 Å². The molecule has 0 aromatic carbocycles. The second-order valence-electron chi connectivity index (χ2n) is 3.31. The van der Waals surface area contributed by atoms with Gasteiger partial charge in [-0.1, -0.05) is 0 Å². The van der Waals surface area contributed by atoms with Gasteiger partial charge in [0.2, 0.25) is 11.0 Å². The summed E-state index contributed by atoms with van der Waals surface area (Å²) in [5.41, 5.74) is 0.940. The van der Waals surface area contributed by atoms with Gasteiger partial charge in [-0.05, 0) is 6.07 Å². The van der Waals surface area contributed by atoms with Gasteiger partial charge in [-0.2, -0.15) is 5.10 Å². The second-order valence-corrected chi connectivity index (χ2v) is 4.41. The van der Waals surface area contributed by atoms with Crippen molar-refractivity contribution >= 4 is 28.8 Å². The van der Waals surface area contributed by atoms with Crippen LogP contribution >= 0.6 is 22.9 Å². The zero-order valence-electron chi connectivity index (χ0n) is 8.97. The van der Waals surface area contributed by atoms with E-state index in [9.17, 15) is 4.79 Å². The summed E-state index contributed by atoms with van der Waals surface area (Å²) in [6.45, 7) is 0.549. The first-order valence-electron chi connectivity index (χ1n) is 5.06. The third-order valence-electron chi connectivity index (χ3n) is 2.06. The van der Waals surface area contributed by atoms with Crippen LogP contribution in [0.15, 0.2) is 23.8 Å². The molecule has 0 unspecified atom stereocenters. The molecule has 0 aliphatic rings. The van der Waals surface area contributed by atoms with Crippen LogP contribution in [0.2, 0.25) is 0 Å². The predicted molar refractivity (Wildman–Crippen MR) is 66.7 cm³/mol. The maximum Gasteiger partial charge on any atom is 0.234 e. The number of carbonyl (C=O) groups excluding carboxylic acids is 1. The minimum atomic E-state index is -0.158. The van der Waals surface area contributed by atoms with Crippen molar-refractivity contribution in [3.63, 3.8) is 0 Å². The number of nitrogens with zero attached hydrogens (tertiary/aromatic N) is 3. The van der Waals surface area contributed by atoms with E-state index in [-0.39, 0.29) is 11.8 Å².